The van der Waals surface area contributed by atoms with Crippen LogP contribution in [0.15, 0.2) is 36.7 Å². The molecule has 0 saturated carbocycles. The lowest BCUT2D eigenvalue weighted by Crippen LogP contribution is -2.33. The summed E-state index contributed by atoms with van der Waals surface area (Å²) in [6, 6.07) is 8.00. The lowest BCUT2D eigenvalue weighted by Gasteiger charge is -2.34. The summed E-state index contributed by atoms with van der Waals surface area (Å²) in [5, 5.41) is 11.0. The van der Waals surface area contributed by atoms with Crippen molar-refractivity contribution >= 4 is 8.32 Å². The van der Waals surface area contributed by atoms with E-state index in [0.717, 1.165) is 28.0 Å². The summed E-state index contributed by atoms with van der Waals surface area (Å²) >= 11 is 0. The first-order chi connectivity index (χ1) is 12.2. The molecule has 1 N–H and O–H groups in total. The van der Waals surface area contributed by atoms with Gasteiger partial charge in [0.05, 0.1) is 0 Å². The number of pyridine rings is 1. The van der Waals surface area contributed by atoms with E-state index in [1.54, 1.807) is 12.4 Å². The van der Waals surface area contributed by atoms with Crippen molar-refractivity contribution < 1.29 is 9.53 Å². The lowest BCUT2D eigenvalue weighted by atomic mass is 9.77. The molecule has 1 unspecified atom stereocenters. The second-order valence-electron chi connectivity index (χ2n) is 10.3. The van der Waals surface area contributed by atoms with Gasteiger partial charge in [-0.15, -0.1) is 0 Å². The van der Waals surface area contributed by atoms with E-state index in [0.29, 0.717) is 0 Å². The summed E-state index contributed by atoms with van der Waals surface area (Å²) in [5.74, 6) is 0.997. The molecule has 148 valence electrons. The van der Waals surface area contributed by atoms with Gasteiger partial charge in [0.15, 0.2) is 0 Å². The van der Waals surface area contributed by atoms with Crippen LogP contribution in [0.25, 0.3) is 0 Å². The topological polar surface area (TPSA) is 42.4 Å². The average molecular weight is 386 g/mol. The van der Waals surface area contributed by atoms with Gasteiger partial charge in [-0.3, -0.25) is 4.98 Å². The van der Waals surface area contributed by atoms with Crippen molar-refractivity contribution in [1.29, 1.82) is 0 Å². The summed E-state index contributed by atoms with van der Waals surface area (Å²) in [7, 11) is -1.80. The molecule has 0 bridgehead atoms. The molecule has 1 heterocycles. The molecule has 0 fully saturated rings. The standard InChI is InChI=1S/C23H35NO2Si/c1-22(2,3)18-13-17(20(25)16-11-10-12-24-15-16)14-19(23(4,5)6)21(18)26-27(7,8)9/h10-15,20,25H,1-9H3. The van der Waals surface area contributed by atoms with Crippen LogP contribution in [0.2, 0.25) is 19.6 Å². The van der Waals surface area contributed by atoms with Crippen LogP contribution in [0, 0.1) is 0 Å². The Morgan fingerprint density at radius 1 is 0.926 bits per heavy atom. The minimum atomic E-state index is -1.80. The van der Waals surface area contributed by atoms with Gasteiger partial charge in [0.2, 0.25) is 8.32 Å². The first kappa shape index (κ1) is 21.6. The van der Waals surface area contributed by atoms with Gasteiger partial charge < -0.3 is 9.53 Å². The van der Waals surface area contributed by atoms with E-state index in [1.165, 1.54) is 0 Å². The number of aliphatic hydroxyl groups is 1. The molecule has 0 aliphatic heterocycles. The van der Waals surface area contributed by atoms with E-state index in [2.05, 4.69) is 78.3 Å². The van der Waals surface area contributed by atoms with E-state index in [9.17, 15) is 5.11 Å². The second kappa shape index (κ2) is 7.40. The summed E-state index contributed by atoms with van der Waals surface area (Å²) in [6.07, 6.45) is 2.74. The van der Waals surface area contributed by atoms with Crippen molar-refractivity contribution in [3.63, 3.8) is 0 Å². The van der Waals surface area contributed by atoms with Gasteiger partial charge in [-0.2, -0.15) is 0 Å². The highest BCUT2D eigenvalue weighted by molar-refractivity contribution is 6.70. The first-order valence-electron chi connectivity index (χ1n) is 9.66. The zero-order valence-electron chi connectivity index (χ0n) is 18.3. The highest BCUT2D eigenvalue weighted by atomic mass is 28.4. The van der Waals surface area contributed by atoms with Crippen molar-refractivity contribution in [1.82, 2.24) is 4.98 Å². The zero-order valence-corrected chi connectivity index (χ0v) is 19.3. The van der Waals surface area contributed by atoms with Crippen LogP contribution >= 0.6 is 0 Å². The molecule has 27 heavy (non-hydrogen) atoms. The van der Waals surface area contributed by atoms with Crippen LogP contribution in [0.4, 0.5) is 0 Å². The fourth-order valence-corrected chi connectivity index (χ4v) is 3.90. The summed E-state index contributed by atoms with van der Waals surface area (Å²) < 4.78 is 6.60. The van der Waals surface area contributed by atoms with Gasteiger partial charge in [0.1, 0.15) is 11.9 Å². The molecule has 0 saturated heterocycles. The molecule has 2 aromatic rings. The number of rotatable bonds is 4. The van der Waals surface area contributed by atoms with Crippen molar-refractivity contribution in [2.45, 2.75) is 78.1 Å². The van der Waals surface area contributed by atoms with Gasteiger partial charge in [0.25, 0.3) is 0 Å². The molecule has 0 aliphatic carbocycles. The maximum atomic E-state index is 11.0. The minimum Gasteiger partial charge on any atom is -0.544 e. The SMILES string of the molecule is CC(C)(C)c1cc(C(O)c2cccnc2)cc(C(C)(C)C)c1O[Si](C)(C)C. The summed E-state index contributed by atoms with van der Waals surface area (Å²) in [5.41, 5.74) is 3.79. The van der Waals surface area contributed by atoms with E-state index in [1.807, 2.05) is 12.1 Å². The smallest absolute Gasteiger partial charge is 0.242 e. The Balaban J connectivity index is 2.75. The molecule has 0 radical (unpaired) electrons. The molecule has 0 amide bonds. The van der Waals surface area contributed by atoms with Crippen molar-refractivity contribution in [3.05, 3.63) is 58.9 Å². The second-order valence-corrected chi connectivity index (χ2v) is 14.8. The van der Waals surface area contributed by atoms with Crippen LogP contribution in [0.5, 0.6) is 5.75 Å². The number of hydrogen-bond donors (Lipinski definition) is 1. The average Bonchev–Trinajstić information content (AvgIpc) is 2.51. The zero-order chi connectivity index (χ0) is 20.6. The Hall–Kier alpha value is -1.65. The molecule has 2 rings (SSSR count). The van der Waals surface area contributed by atoms with Crippen molar-refractivity contribution in [2.75, 3.05) is 0 Å². The molecular formula is C23H35NO2Si. The maximum absolute atomic E-state index is 11.0. The highest BCUT2D eigenvalue weighted by Crippen LogP contribution is 2.43. The predicted octanol–water partition coefficient (Wildman–Crippen LogP) is 5.97. The van der Waals surface area contributed by atoms with Gasteiger partial charge >= 0.3 is 0 Å². The molecule has 1 aromatic carbocycles. The van der Waals surface area contributed by atoms with Crippen LogP contribution in [-0.2, 0) is 10.8 Å². The van der Waals surface area contributed by atoms with E-state index >= 15 is 0 Å². The van der Waals surface area contributed by atoms with Crippen LogP contribution < -0.4 is 4.43 Å². The fourth-order valence-electron chi connectivity index (χ4n) is 3.07. The van der Waals surface area contributed by atoms with Gasteiger partial charge in [-0.25, -0.2) is 0 Å². The van der Waals surface area contributed by atoms with Gasteiger partial charge in [-0.1, -0.05) is 47.6 Å². The third-order valence-corrected chi connectivity index (χ3v) is 5.27. The van der Waals surface area contributed by atoms with Crippen LogP contribution in [0.1, 0.15) is 69.9 Å². The molecule has 4 heteroatoms. The van der Waals surface area contributed by atoms with Gasteiger partial charge in [-0.05, 0) is 65.4 Å². The quantitative estimate of drug-likeness (QED) is 0.659. The first-order valence-corrected chi connectivity index (χ1v) is 13.1. The molecule has 1 atom stereocenters. The molecule has 3 nitrogen and oxygen atoms in total. The van der Waals surface area contributed by atoms with E-state index < -0.39 is 14.4 Å². The number of aliphatic hydroxyl groups excluding tert-OH is 1. The molecular weight excluding hydrogens is 350 g/mol. The van der Waals surface area contributed by atoms with E-state index in [4.69, 9.17) is 4.43 Å². The summed E-state index contributed by atoms with van der Waals surface area (Å²) in [6.45, 7) is 19.8. The predicted molar refractivity (Wildman–Crippen MR) is 116 cm³/mol. The van der Waals surface area contributed by atoms with Crippen LogP contribution in [0.3, 0.4) is 0 Å². The van der Waals surface area contributed by atoms with Crippen LogP contribution in [-0.4, -0.2) is 18.4 Å². The number of nitrogens with zero attached hydrogens (tertiary/aromatic N) is 1. The van der Waals surface area contributed by atoms with Gasteiger partial charge in [0, 0.05) is 18.0 Å². The number of aromatic nitrogens is 1. The fraction of sp³-hybridized carbons (Fsp3) is 0.522. The molecule has 0 spiro atoms. The minimum absolute atomic E-state index is 0.0976. The molecule has 1 aromatic heterocycles. The maximum Gasteiger partial charge on any atom is 0.242 e. The lowest BCUT2D eigenvalue weighted by molar-refractivity contribution is 0.219. The monoisotopic (exact) mass is 385 g/mol. The third kappa shape index (κ3) is 5.42. The highest BCUT2D eigenvalue weighted by Gasteiger charge is 2.31. The molecule has 0 aliphatic rings. The normalized spacial score (nSPS) is 14.1. The van der Waals surface area contributed by atoms with Crippen molar-refractivity contribution in [3.8, 4) is 5.75 Å². The van der Waals surface area contributed by atoms with E-state index in [-0.39, 0.29) is 10.8 Å². The van der Waals surface area contributed by atoms with Crippen molar-refractivity contribution in [2.24, 2.45) is 0 Å². The Kier molecular flexibility index (Phi) is 5.93. The number of hydrogen-bond acceptors (Lipinski definition) is 3. The third-order valence-electron chi connectivity index (χ3n) is 4.45. The summed E-state index contributed by atoms with van der Waals surface area (Å²) in [4.78, 5) is 4.16. The Morgan fingerprint density at radius 3 is 1.81 bits per heavy atom. The Bertz CT molecular complexity index is 746. The largest absolute Gasteiger partial charge is 0.544 e. The Morgan fingerprint density at radius 2 is 1.44 bits per heavy atom. The number of benzene rings is 1. The Labute approximate surface area is 165 Å².